The second kappa shape index (κ2) is 11.7. The SMILES string of the molecule is CC(C)(C)/C=C(\C#N)C(=O)N1CCNC[C@@H]1COC(=O)N[C@@H](Cc1ccccc1)B(O)O. The molecule has 9 nitrogen and oxygen atoms in total. The van der Waals surface area contributed by atoms with Crippen molar-refractivity contribution in [3.05, 3.63) is 47.5 Å². The number of piperazine rings is 1. The molecule has 4 N–H and O–H groups in total. The molecule has 172 valence electrons. The third-order valence-corrected chi connectivity index (χ3v) is 4.91. The summed E-state index contributed by atoms with van der Waals surface area (Å²) in [6.07, 6.45) is 1.04. The lowest BCUT2D eigenvalue weighted by Gasteiger charge is -2.36. The zero-order chi connectivity index (χ0) is 23.7. The minimum atomic E-state index is -1.77. The van der Waals surface area contributed by atoms with Gasteiger partial charge in [0.15, 0.2) is 0 Å². The number of nitrogens with one attached hydrogen (secondary N) is 2. The number of benzene rings is 1. The van der Waals surface area contributed by atoms with Crippen molar-refractivity contribution in [3.63, 3.8) is 0 Å². The highest BCUT2D eigenvalue weighted by Crippen LogP contribution is 2.19. The zero-order valence-corrected chi connectivity index (χ0v) is 18.7. The normalized spacial score (nSPS) is 17.8. The van der Waals surface area contributed by atoms with Gasteiger partial charge < -0.3 is 30.3 Å². The highest BCUT2D eigenvalue weighted by molar-refractivity contribution is 6.43. The smallest absolute Gasteiger partial charge is 0.447 e. The van der Waals surface area contributed by atoms with E-state index in [1.807, 2.05) is 57.2 Å². The number of hydrogen-bond donors (Lipinski definition) is 4. The molecule has 2 atom stereocenters. The van der Waals surface area contributed by atoms with Crippen molar-refractivity contribution in [1.82, 2.24) is 15.5 Å². The Morgan fingerprint density at radius 3 is 2.66 bits per heavy atom. The van der Waals surface area contributed by atoms with Gasteiger partial charge in [-0.3, -0.25) is 4.79 Å². The molecule has 0 saturated carbocycles. The largest absolute Gasteiger partial charge is 0.475 e. The fraction of sp³-hybridized carbons (Fsp3) is 0.500. The lowest BCUT2D eigenvalue weighted by molar-refractivity contribution is -0.130. The van der Waals surface area contributed by atoms with Crippen LogP contribution >= 0.6 is 0 Å². The molecule has 1 aromatic rings. The summed E-state index contributed by atoms with van der Waals surface area (Å²) in [6, 6.07) is 10.6. The van der Waals surface area contributed by atoms with Gasteiger partial charge in [-0.1, -0.05) is 57.2 Å². The summed E-state index contributed by atoms with van der Waals surface area (Å²) in [4.78, 5) is 26.8. The summed E-state index contributed by atoms with van der Waals surface area (Å²) in [6.45, 7) is 6.97. The molecule has 2 amide bonds. The van der Waals surface area contributed by atoms with E-state index in [0.29, 0.717) is 19.6 Å². The molecule has 1 saturated heterocycles. The molecule has 0 aromatic heterocycles. The Kier molecular flexibility index (Phi) is 9.26. The van der Waals surface area contributed by atoms with Crippen LogP contribution in [0.5, 0.6) is 0 Å². The summed E-state index contributed by atoms with van der Waals surface area (Å²) in [5.74, 6) is -1.35. The summed E-state index contributed by atoms with van der Waals surface area (Å²) in [5.41, 5.74) is 0.550. The van der Waals surface area contributed by atoms with Crippen molar-refractivity contribution in [3.8, 4) is 6.07 Å². The third kappa shape index (κ3) is 8.00. The van der Waals surface area contributed by atoms with Gasteiger partial charge in [0.2, 0.25) is 0 Å². The van der Waals surface area contributed by atoms with Gasteiger partial charge in [0.25, 0.3) is 5.91 Å². The first-order valence-electron chi connectivity index (χ1n) is 10.6. The van der Waals surface area contributed by atoms with Crippen LogP contribution in [0.3, 0.4) is 0 Å². The molecule has 10 heteroatoms. The number of rotatable bonds is 7. The summed E-state index contributed by atoms with van der Waals surface area (Å²) in [5, 5.41) is 34.3. The number of allylic oxidation sites excluding steroid dienone is 1. The number of nitriles is 1. The maximum atomic E-state index is 12.9. The van der Waals surface area contributed by atoms with E-state index in [4.69, 9.17) is 4.74 Å². The van der Waals surface area contributed by atoms with E-state index in [2.05, 4.69) is 10.6 Å². The molecule has 0 radical (unpaired) electrons. The van der Waals surface area contributed by atoms with Gasteiger partial charge in [-0.25, -0.2) is 4.79 Å². The van der Waals surface area contributed by atoms with Crippen LogP contribution in [0.1, 0.15) is 26.3 Å². The third-order valence-electron chi connectivity index (χ3n) is 4.91. The van der Waals surface area contributed by atoms with Crippen molar-refractivity contribution in [2.24, 2.45) is 5.41 Å². The van der Waals surface area contributed by atoms with Gasteiger partial charge in [-0.15, -0.1) is 0 Å². The second-order valence-electron chi connectivity index (χ2n) is 8.84. The molecule has 1 fully saturated rings. The quantitative estimate of drug-likeness (QED) is 0.276. The lowest BCUT2D eigenvalue weighted by atomic mass is 9.76. The van der Waals surface area contributed by atoms with E-state index in [1.165, 1.54) is 4.90 Å². The van der Waals surface area contributed by atoms with Crippen molar-refractivity contribution < 1.29 is 24.4 Å². The van der Waals surface area contributed by atoms with E-state index >= 15 is 0 Å². The Balaban J connectivity index is 1.99. The molecule has 1 aromatic carbocycles. The fourth-order valence-electron chi connectivity index (χ4n) is 3.37. The first-order valence-corrected chi connectivity index (χ1v) is 10.6. The lowest BCUT2D eigenvalue weighted by Crippen LogP contribution is -2.56. The molecular weight excluding hydrogens is 411 g/mol. The van der Waals surface area contributed by atoms with Gasteiger partial charge >= 0.3 is 13.2 Å². The number of carbonyl (C=O) groups is 2. The maximum absolute atomic E-state index is 12.9. The van der Waals surface area contributed by atoms with Gasteiger partial charge in [-0.05, 0) is 17.4 Å². The van der Waals surface area contributed by atoms with Crippen LogP contribution < -0.4 is 10.6 Å². The highest BCUT2D eigenvalue weighted by Gasteiger charge is 2.31. The molecule has 1 aliphatic heterocycles. The molecule has 1 aliphatic rings. The molecule has 32 heavy (non-hydrogen) atoms. The Morgan fingerprint density at radius 1 is 1.38 bits per heavy atom. The van der Waals surface area contributed by atoms with E-state index in [0.717, 1.165) is 5.56 Å². The van der Waals surface area contributed by atoms with Crippen LogP contribution in [0.4, 0.5) is 4.79 Å². The van der Waals surface area contributed by atoms with Crippen molar-refractivity contribution >= 4 is 19.1 Å². The minimum Gasteiger partial charge on any atom is -0.447 e. The van der Waals surface area contributed by atoms with Crippen molar-refractivity contribution in [2.45, 2.75) is 39.2 Å². The molecule has 0 unspecified atom stereocenters. The number of nitrogens with zero attached hydrogens (tertiary/aromatic N) is 2. The van der Waals surface area contributed by atoms with Gasteiger partial charge in [-0.2, -0.15) is 5.26 Å². The maximum Gasteiger partial charge on any atom is 0.475 e. The first-order chi connectivity index (χ1) is 15.1. The van der Waals surface area contributed by atoms with Crippen LogP contribution in [0.2, 0.25) is 0 Å². The minimum absolute atomic E-state index is 0.0557. The summed E-state index contributed by atoms with van der Waals surface area (Å²) in [7, 11) is -1.77. The monoisotopic (exact) mass is 442 g/mol. The predicted octanol–water partition coefficient (Wildman–Crippen LogP) is 0.632. The Bertz CT molecular complexity index is 848. The summed E-state index contributed by atoms with van der Waals surface area (Å²) < 4.78 is 5.29. The van der Waals surface area contributed by atoms with E-state index in [9.17, 15) is 24.9 Å². The highest BCUT2D eigenvalue weighted by atomic mass is 16.5. The molecule has 0 aliphatic carbocycles. The standard InChI is InChI=1S/C22H31BN4O5/c1-22(2,3)12-17(13-24)20(28)27-10-9-25-14-18(27)15-32-21(29)26-19(23(30)31)11-16-7-5-4-6-8-16/h4-8,12,18-19,25,30-31H,9-11,14-15H2,1-3H3,(H,26,29)/b17-12+/t18-,19+/m1/s1. The Hall–Kier alpha value is -2.87. The Labute approximate surface area is 189 Å². The molecule has 0 spiro atoms. The zero-order valence-electron chi connectivity index (χ0n) is 18.7. The van der Waals surface area contributed by atoms with E-state index < -0.39 is 31.1 Å². The molecule has 0 bridgehead atoms. The van der Waals surface area contributed by atoms with Crippen LogP contribution in [0, 0.1) is 16.7 Å². The average molecular weight is 442 g/mol. The topological polar surface area (TPSA) is 135 Å². The number of amides is 2. The molecular formula is C22H31BN4O5. The van der Waals surface area contributed by atoms with Crippen LogP contribution in [0.15, 0.2) is 42.0 Å². The van der Waals surface area contributed by atoms with E-state index in [-0.39, 0.29) is 24.0 Å². The molecule has 2 rings (SSSR count). The van der Waals surface area contributed by atoms with Crippen LogP contribution in [-0.4, -0.2) is 72.3 Å². The molecule has 1 heterocycles. The van der Waals surface area contributed by atoms with Gasteiger partial charge in [0.1, 0.15) is 18.2 Å². The van der Waals surface area contributed by atoms with E-state index in [1.54, 1.807) is 6.08 Å². The number of ether oxygens (including phenoxy) is 1. The first kappa shape index (κ1) is 25.4. The van der Waals surface area contributed by atoms with Gasteiger partial charge in [0, 0.05) is 19.6 Å². The number of alkyl carbamates (subject to hydrolysis) is 1. The average Bonchev–Trinajstić information content (AvgIpc) is 2.75. The number of hydrogen-bond acceptors (Lipinski definition) is 7. The van der Waals surface area contributed by atoms with Crippen LogP contribution in [0.25, 0.3) is 0 Å². The van der Waals surface area contributed by atoms with Crippen LogP contribution in [-0.2, 0) is 16.0 Å². The van der Waals surface area contributed by atoms with Gasteiger partial charge in [0.05, 0.1) is 12.0 Å². The van der Waals surface area contributed by atoms with Crippen molar-refractivity contribution in [2.75, 3.05) is 26.2 Å². The fourth-order valence-corrected chi connectivity index (χ4v) is 3.37. The second-order valence-corrected chi connectivity index (χ2v) is 8.84. The summed E-state index contributed by atoms with van der Waals surface area (Å²) >= 11 is 0. The Morgan fingerprint density at radius 2 is 2.06 bits per heavy atom. The van der Waals surface area contributed by atoms with Crippen molar-refractivity contribution in [1.29, 1.82) is 5.26 Å². The predicted molar refractivity (Wildman–Crippen MR) is 120 cm³/mol. The number of carbonyl (C=O) groups excluding carboxylic acids is 2.